The number of ketones is 1. The molecule has 0 unspecified atom stereocenters. The molecule has 0 heterocycles. The fourth-order valence-electron chi connectivity index (χ4n) is 4.38. The van der Waals surface area contributed by atoms with Gasteiger partial charge in [-0.2, -0.15) is 0 Å². The Morgan fingerprint density at radius 1 is 0.591 bits per heavy atom. The summed E-state index contributed by atoms with van der Waals surface area (Å²) in [7, 11) is 0. The molecule has 0 aromatic heterocycles. The van der Waals surface area contributed by atoms with Crippen LogP contribution in [-0.2, 0) is 0 Å². The van der Waals surface area contributed by atoms with E-state index in [1.165, 1.54) is 24.3 Å². The zero-order chi connectivity index (χ0) is 31.0. The van der Waals surface area contributed by atoms with Crippen LogP contribution in [0.15, 0.2) is 110 Å². The maximum absolute atomic E-state index is 13.1. The Kier molecular flexibility index (Phi) is 12.6. The lowest BCUT2D eigenvalue weighted by molar-refractivity contribution is 0.104. The molecular formula is C38H39FO5. The van der Waals surface area contributed by atoms with Gasteiger partial charge >= 0.3 is 0 Å². The quantitative estimate of drug-likeness (QED) is 0.0653. The number of hydrogen-bond donors (Lipinski definition) is 0. The summed E-state index contributed by atoms with van der Waals surface area (Å²) in [5, 5.41) is 0. The van der Waals surface area contributed by atoms with Gasteiger partial charge in [-0.3, -0.25) is 4.79 Å². The fourth-order valence-corrected chi connectivity index (χ4v) is 4.38. The topological polar surface area (TPSA) is 54.0 Å². The molecule has 0 bridgehead atoms. The zero-order valence-corrected chi connectivity index (χ0v) is 25.2. The predicted molar refractivity (Wildman–Crippen MR) is 174 cm³/mol. The first-order chi connectivity index (χ1) is 21.5. The second-order valence-corrected chi connectivity index (χ2v) is 10.3. The third kappa shape index (κ3) is 10.8. The van der Waals surface area contributed by atoms with E-state index in [1.807, 2.05) is 85.8 Å². The molecule has 0 aliphatic heterocycles. The number of ether oxygens (including phenoxy) is 4. The maximum Gasteiger partial charge on any atom is 0.186 e. The van der Waals surface area contributed by atoms with Crippen molar-refractivity contribution >= 4 is 17.4 Å². The molecule has 0 aliphatic rings. The first kappa shape index (κ1) is 32.1. The third-order valence-electron chi connectivity index (χ3n) is 6.92. The average Bonchev–Trinajstić information content (AvgIpc) is 3.05. The van der Waals surface area contributed by atoms with Crippen molar-refractivity contribution in [3.05, 3.63) is 132 Å². The second kappa shape index (κ2) is 17.3. The molecule has 228 valence electrons. The average molecular weight is 595 g/mol. The highest BCUT2D eigenvalue weighted by Crippen LogP contribution is 2.21. The van der Waals surface area contributed by atoms with E-state index in [0.717, 1.165) is 59.6 Å². The number of rotatable bonds is 18. The number of benzene rings is 4. The summed E-state index contributed by atoms with van der Waals surface area (Å²) in [6, 6.07) is 28.6. The van der Waals surface area contributed by atoms with Crippen molar-refractivity contribution < 1.29 is 28.1 Å². The summed E-state index contributed by atoms with van der Waals surface area (Å²) >= 11 is 0. The number of allylic oxidation sites excluding steroid dienone is 2. The number of halogens is 1. The van der Waals surface area contributed by atoms with Crippen molar-refractivity contribution in [1.82, 2.24) is 0 Å². The van der Waals surface area contributed by atoms with Crippen molar-refractivity contribution in [2.45, 2.75) is 32.6 Å². The highest BCUT2D eigenvalue weighted by Gasteiger charge is 2.06. The summed E-state index contributed by atoms with van der Waals surface area (Å²) in [5.74, 6) is 2.65. The van der Waals surface area contributed by atoms with Gasteiger partial charge in [0.05, 0.1) is 13.2 Å². The van der Waals surface area contributed by atoms with E-state index in [4.69, 9.17) is 18.9 Å². The van der Waals surface area contributed by atoms with Gasteiger partial charge in [-0.15, -0.1) is 0 Å². The lowest BCUT2D eigenvalue weighted by Crippen LogP contribution is -2.09. The van der Waals surface area contributed by atoms with Crippen molar-refractivity contribution in [3.63, 3.8) is 0 Å². The normalized spacial score (nSPS) is 11.1. The van der Waals surface area contributed by atoms with E-state index >= 15 is 0 Å². The van der Waals surface area contributed by atoms with Gasteiger partial charge in [-0.25, -0.2) is 4.39 Å². The Labute approximate surface area is 259 Å². The van der Waals surface area contributed by atoms with E-state index in [1.54, 1.807) is 6.08 Å². The largest absolute Gasteiger partial charge is 0.494 e. The zero-order valence-electron chi connectivity index (χ0n) is 25.2. The molecule has 0 N–H and O–H groups in total. The lowest BCUT2D eigenvalue weighted by Gasteiger charge is -2.10. The van der Waals surface area contributed by atoms with Gasteiger partial charge in [0.1, 0.15) is 42.0 Å². The van der Waals surface area contributed by atoms with Gasteiger partial charge < -0.3 is 18.9 Å². The summed E-state index contributed by atoms with van der Waals surface area (Å²) in [5.41, 5.74) is 3.26. The Morgan fingerprint density at radius 3 is 1.48 bits per heavy atom. The van der Waals surface area contributed by atoms with Crippen LogP contribution in [0.25, 0.3) is 11.6 Å². The van der Waals surface area contributed by atoms with Crippen LogP contribution in [0.2, 0.25) is 0 Å². The highest BCUT2D eigenvalue weighted by atomic mass is 19.1. The van der Waals surface area contributed by atoms with Crippen LogP contribution in [0.1, 0.15) is 54.1 Å². The molecule has 4 aromatic carbocycles. The van der Waals surface area contributed by atoms with Gasteiger partial charge in [-0.05, 0) is 128 Å². The van der Waals surface area contributed by atoms with E-state index in [2.05, 4.69) is 6.58 Å². The van der Waals surface area contributed by atoms with E-state index in [-0.39, 0.29) is 11.6 Å². The molecule has 0 saturated heterocycles. The van der Waals surface area contributed by atoms with Gasteiger partial charge in [0, 0.05) is 5.56 Å². The minimum Gasteiger partial charge on any atom is -0.494 e. The van der Waals surface area contributed by atoms with E-state index in [9.17, 15) is 9.18 Å². The van der Waals surface area contributed by atoms with Crippen LogP contribution in [0, 0.1) is 5.82 Å². The molecule has 6 heteroatoms. The molecule has 4 rings (SSSR count). The SMILES string of the molecule is C=Cc1ccc(OCCCCCCOc2ccc(OCCOc3ccc(C(C)=CC(=O)c4ccc(F)cc4)cc3)cc2)cc1. The predicted octanol–water partition coefficient (Wildman–Crippen LogP) is 9.23. The Morgan fingerprint density at radius 2 is 1.00 bits per heavy atom. The van der Waals surface area contributed by atoms with E-state index < -0.39 is 0 Å². The van der Waals surface area contributed by atoms with Gasteiger partial charge in [0.25, 0.3) is 0 Å². The van der Waals surface area contributed by atoms with Gasteiger partial charge in [0.2, 0.25) is 0 Å². The molecule has 5 nitrogen and oxygen atoms in total. The molecule has 0 amide bonds. The number of carbonyl (C=O) groups excluding carboxylic acids is 1. The molecule has 4 aromatic rings. The van der Waals surface area contributed by atoms with Crippen LogP contribution in [0.3, 0.4) is 0 Å². The first-order valence-electron chi connectivity index (χ1n) is 14.9. The first-order valence-corrected chi connectivity index (χ1v) is 14.9. The fraction of sp³-hybridized carbons (Fsp3) is 0.237. The minimum atomic E-state index is -0.367. The number of unbranched alkanes of at least 4 members (excludes halogenated alkanes) is 3. The number of hydrogen-bond acceptors (Lipinski definition) is 5. The molecule has 0 radical (unpaired) electrons. The summed E-state index contributed by atoms with van der Waals surface area (Å²) in [4.78, 5) is 12.4. The van der Waals surface area contributed by atoms with Crippen LogP contribution < -0.4 is 18.9 Å². The van der Waals surface area contributed by atoms with Crippen molar-refractivity contribution in [2.75, 3.05) is 26.4 Å². The van der Waals surface area contributed by atoms with Crippen molar-refractivity contribution in [1.29, 1.82) is 0 Å². The monoisotopic (exact) mass is 594 g/mol. The van der Waals surface area contributed by atoms with Crippen LogP contribution in [0.4, 0.5) is 4.39 Å². The molecule has 0 spiro atoms. The van der Waals surface area contributed by atoms with Crippen LogP contribution in [0.5, 0.6) is 23.0 Å². The Balaban J connectivity index is 1.06. The third-order valence-corrected chi connectivity index (χ3v) is 6.92. The Hall–Kier alpha value is -4.84. The lowest BCUT2D eigenvalue weighted by atomic mass is 10.0. The second-order valence-electron chi connectivity index (χ2n) is 10.3. The molecule has 0 fully saturated rings. The standard InChI is InChI=1S/C38H39FO5/c1-3-30-8-16-34(17-9-30)41-24-6-4-5-7-25-42-36-20-22-37(23-21-36)44-27-26-43-35-18-12-31(13-19-35)29(2)28-38(40)32-10-14-33(39)15-11-32/h3,8-23,28H,1,4-7,24-27H2,2H3. The smallest absolute Gasteiger partial charge is 0.186 e. The van der Waals surface area contributed by atoms with Crippen molar-refractivity contribution in [3.8, 4) is 23.0 Å². The molecular weight excluding hydrogens is 555 g/mol. The summed E-state index contributed by atoms with van der Waals surface area (Å²) in [6.45, 7) is 7.81. The molecule has 0 saturated carbocycles. The van der Waals surface area contributed by atoms with Crippen LogP contribution in [-0.4, -0.2) is 32.2 Å². The van der Waals surface area contributed by atoms with E-state index in [0.29, 0.717) is 37.7 Å². The molecule has 0 atom stereocenters. The Bertz CT molecular complexity index is 1470. The molecule has 0 aliphatic carbocycles. The van der Waals surface area contributed by atoms with Gasteiger partial charge in [0.15, 0.2) is 5.78 Å². The summed E-state index contributed by atoms with van der Waals surface area (Å²) < 4.78 is 36.3. The van der Waals surface area contributed by atoms with Crippen LogP contribution >= 0.6 is 0 Å². The number of carbonyl (C=O) groups is 1. The van der Waals surface area contributed by atoms with Gasteiger partial charge in [-0.1, -0.05) is 36.9 Å². The minimum absolute atomic E-state index is 0.167. The summed E-state index contributed by atoms with van der Waals surface area (Å²) in [6.07, 6.45) is 7.58. The van der Waals surface area contributed by atoms with Crippen molar-refractivity contribution in [2.24, 2.45) is 0 Å². The maximum atomic E-state index is 13.1. The molecule has 44 heavy (non-hydrogen) atoms. The highest BCUT2D eigenvalue weighted by molar-refractivity contribution is 6.08.